The van der Waals surface area contributed by atoms with Crippen LogP contribution in [0.3, 0.4) is 0 Å². The van der Waals surface area contributed by atoms with Gasteiger partial charge in [0.25, 0.3) is 5.91 Å². The van der Waals surface area contributed by atoms with Gasteiger partial charge in [-0.3, -0.25) is 10.2 Å². The predicted octanol–water partition coefficient (Wildman–Crippen LogP) is 3.67. The molecule has 1 amide bonds. The minimum absolute atomic E-state index is 0.0581. The summed E-state index contributed by atoms with van der Waals surface area (Å²) in [4.78, 5) is 16.4. The number of nitrogen functional groups attached to an aromatic ring is 1. The summed E-state index contributed by atoms with van der Waals surface area (Å²) in [6.07, 6.45) is 0. The molecule has 3 aromatic rings. The molecule has 2 aromatic carbocycles. The van der Waals surface area contributed by atoms with E-state index in [1.165, 1.54) is 11.3 Å². The van der Waals surface area contributed by atoms with E-state index in [4.69, 9.17) is 10.6 Å². The van der Waals surface area contributed by atoms with Crippen molar-refractivity contribution in [2.45, 2.75) is 6.92 Å². The van der Waals surface area contributed by atoms with Gasteiger partial charge in [0.05, 0.1) is 10.2 Å². The summed E-state index contributed by atoms with van der Waals surface area (Å²) >= 11 is 4.86. The van der Waals surface area contributed by atoms with Crippen molar-refractivity contribution in [2.24, 2.45) is 5.84 Å². The molecule has 0 unspecified atom stereocenters. The average Bonchev–Trinajstić information content (AvgIpc) is 2.97. The highest BCUT2D eigenvalue weighted by molar-refractivity contribution is 9.10. The maximum Gasteiger partial charge on any atom is 0.262 e. The van der Waals surface area contributed by atoms with Crippen molar-refractivity contribution < 1.29 is 9.53 Å². The van der Waals surface area contributed by atoms with Gasteiger partial charge in [0.2, 0.25) is 0 Å². The van der Waals surface area contributed by atoms with Gasteiger partial charge in [0.15, 0.2) is 11.7 Å². The number of hydrogen-bond acceptors (Lipinski definition) is 6. The lowest BCUT2D eigenvalue weighted by Gasteiger charge is -2.08. The van der Waals surface area contributed by atoms with E-state index >= 15 is 0 Å². The molecule has 0 saturated carbocycles. The molecule has 0 spiro atoms. The van der Waals surface area contributed by atoms with Crippen molar-refractivity contribution in [3.8, 4) is 5.75 Å². The summed E-state index contributed by atoms with van der Waals surface area (Å²) in [7, 11) is 0. The zero-order valence-electron chi connectivity index (χ0n) is 12.8. The van der Waals surface area contributed by atoms with Gasteiger partial charge in [-0.25, -0.2) is 10.8 Å². The molecule has 0 aliphatic carbocycles. The Morgan fingerprint density at radius 2 is 2.21 bits per heavy atom. The standard InChI is InChI=1S/C16H15BrN4O2S/c1-9-3-2-4-11(5-9)23-8-14(22)19-10-6-12(17)15-13(7-10)24-16(20-15)21-18/h2-7H,8,18H2,1H3,(H,19,22)(H,20,21). The summed E-state index contributed by atoms with van der Waals surface area (Å²) in [5.74, 6) is 5.82. The number of anilines is 2. The Labute approximate surface area is 151 Å². The van der Waals surface area contributed by atoms with Gasteiger partial charge >= 0.3 is 0 Å². The number of halogens is 1. The van der Waals surface area contributed by atoms with Gasteiger partial charge in [0, 0.05) is 10.2 Å². The van der Waals surface area contributed by atoms with Crippen molar-refractivity contribution in [2.75, 3.05) is 17.3 Å². The molecular weight excluding hydrogens is 392 g/mol. The first kappa shape index (κ1) is 16.7. The van der Waals surface area contributed by atoms with Crippen molar-refractivity contribution in [3.63, 3.8) is 0 Å². The number of nitrogens with zero attached hydrogens (tertiary/aromatic N) is 1. The fourth-order valence-electron chi connectivity index (χ4n) is 2.17. The number of carbonyl (C=O) groups is 1. The summed E-state index contributed by atoms with van der Waals surface area (Å²) < 4.78 is 7.19. The van der Waals surface area contributed by atoms with Crippen molar-refractivity contribution in [1.82, 2.24) is 4.98 Å². The quantitative estimate of drug-likeness (QED) is 0.444. The van der Waals surface area contributed by atoms with Crippen LogP contribution in [0.4, 0.5) is 10.8 Å². The SMILES string of the molecule is Cc1cccc(OCC(=O)Nc2cc(Br)c3nc(NN)sc3c2)c1. The molecular formula is C16H15BrN4O2S. The van der Waals surface area contributed by atoms with Crippen molar-refractivity contribution in [1.29, 1.82) is 0 Å². The van der Waals surface area contributed by atoms with Crippen LogP contribution in [0.25, 0.3) is 10.2 Å². The summed E-state index contributed by atoms with van der Waals surface area (Å²) in [6.45, 7) is 1.91. The third kappa shape index (κ3) is 3.84. The monoisotopic (exact) mass is 406 g/mol. The topological polar surface area (TPSA) is 89.3 Å². The number of benzene rings is 2. The summed E-state index contributed by atoms with van der Waals surface area (Å²) in [5.41, 5.74) is 5.07. The number of carbonyl (C=O) groups excluding carboxylic acids is 1. The molecule has 8 heteroatoms. The van der Waals surface area contributed by atoms with Gasteiger partial charge < -0.3 is 10.1 Å². The van der Waals surface area contributed by atoms with E-state index in [1.807, 2.05) is 37.3 Å². The minimum atomic E-state index is -0.232. The van der Waals surface area contributed by atoms with E-state index in [0.29, 0.717) is 16.6 Å². The Balaban J connectivity index is 1.68. The Morgan fingerprint density at radius 3 is 2.96 bits per heavy atom. The first-order chi connectivity index (χ1) is 11.5. The second kappa shape index (κ2) is 7.16. The lowest BCUT2D eigenvalue weighted by molar-refractivity contribution is -0.118. The Bertz CT molecular complexity index is 897. The summed E-state index contributed by atoms with van der Waals surface area (Å²) in [5, 5.41) is 3.43. The Hall–Kier alpha value is -2.16. The molecule has 6 nitrogen and oxygen atoms in total. The molecule has 0 fully saturated rings. The van der Waals surface area contributed by atoms with Crippen LogP contribution in [-0.2, 0) is 4.79 Å². The molecule has 0 atom stereocenters. The number of nitrogens with one attached hydrogen (secondary N) is 2. The second-order valence-corrected chi connectivity index (χ2v) is 7.01. The molecule has 1 aromatic heterocycles. The number of fused-ring (bicyclic) bond motifs is 1. The molecule has 124 valence electrons. The molecule has 24 heavy (non-hydrogen) atoms. The zero-order chi connectivity index (χ0) is 17.1. The number of aryl methyl sites for hydroxylation is 1. The van der Waals surface area contributed by atoms with E-state index in [0.717, 1.165) is 20.3 Å². The molecule has 4 N–H and O–H groups in total. The highest BCUT2D eigenvalue weighted by Crippen LogP contribution is 2.33. The van der Waals surface area contributed by atoms with Crippen LogP contribution in [0.2, 0.25) is 0 Å². The number of thiazole rings is 1. The van der Waals surface area contributed by atoms with Crippen LogP contribution < -0.4 is 21.3 Å². The third-order valence-electron chi connectivity index (χ3n) is 3.22. The molecule has 0 saturated heterocycles. The highest BCUT2D eigenvalue weighted by Gasteiger charge is 2.10. The zero-order valence-corrected chi connectivity index (χ0v) is 15.2. The average molecular weight is 407 g/mol. The molecule has 0 bridgehead atoms. The van der Waals surface area contributed by atoms with Crippen molar-refractivity contribution in [3.05, 3.63) is 46.4 Å². The van der Waals surface area contributed by atoms with Crippen LogP contribution in [0.15, 0.2) is 40.9 Å². The smallest absolute Gasteiger partial charge is 0.262 e. The van der Waals surface area contributed by atoms with Crippen LogP contribution >= 0.6 is 27.3 Å². The fraction of sp³-hybridized carbons (Fsp3) is 0.125. The maximum absolute atomic E-state index is 12.1. The van der Waals surface area contributed by atoms with E-state index in [9.17, 15) is 4.79 Å². The van der Waals surface area contributed by atoms with Crippen LogP contribution in [0, 0.1) is 6.92 Å². The van der Waals surface area contributed by atoms with Gasteiger partial charge in [0.1, 0.15) is 5.75 Å². The van der Waals surface area contributed by atoms with E-state index < -0.39 is 0 Å². The molecule has 0 aliphatic rings. The number of hydrogen-bond donors (Lipinski definition) is 3. The first-order valence-electron chi connectivity index (χ1n) is 7.11. The van der Waals surface area contributed by atoms with Crippen LogP contribution in [0.5, 0.6) is 5.75 Å². The number of amides is 1. The number of rotatable bonds is 5. The van der Waals surface area contributed by atoms with Gasteiger partial charge in [-0.15, -0.1) is 0 Å². The first-order valence-corrected chi connectivity index (χ1v) is 8.72. The number of ether oxygens (including phenoxy) is 1. The van der Waals surface area contributed by atoms with Gasteiger partial charge in [-0.1, -0.05) is 23.5 Å². The van der Waals surface area contributed by atoms with E-state index in [2.05, 4.69) is 31.7 Å². The molecule has 3 rings (SSSR count). The number of aromatic nitrogens is 1. The predicted molar refractivity (Wildman–Crippen MR) is 100 cm³/mol. The lowest BCUT2D eigenvalue weighted by atomic mass is 10.2. The lowest BCUT2D eigenvalue weighted by Crippen LogP contribution is -2.20. The second-order valence-electron chi connectivity index (χ2n) is 5.12. The van der Waals surface area contributed by atoms with Crippen LogP contribution in [0.1, 0.15) is 5.56 Å². The van der Waals surface area contributed by atoms with Gasteiger partial charge in [-0.2, -0.15) is 0 Å². The van der Waals surface area contributed by atoms with Crippen molar-refractivity contribution >= 4 is 54.2 Å². The van der Waals surface area contributed by atoms with E-state index in [-0.39, 0.29) is 12.5 Å². The summed E-state index contributed by atoms with van der Waals surface area (Å²) in [6, 6.07) is 11.2. The Kier molecular flexibility index (Phi) is 4.98. The third-order valence-corrected chi connectivity index (χ3v) is 4.75. The minimum Gasteiger partial charge on any atom is -0.484 e. The van der Waals surface area contributed by atoms with Crippen LogP contribution in [-0.4, -0.2) is 17.5 Å². The largest absolute Gasteiger partial charge is 0.484 e. The van der Waals surface area contributed by atoms with E-state index in [1.54, 1.807) is 6.07 Å². The van der Waals surface area contributed by atoms with Gasteiger partial charge in [-0.05, 0) is 52.7 Å². The number of hydrazine groups is 1. The number of nitrogens with two attached hydrogens (primary N) is 1. The normalized spacial score (nSPS) is 10.6. The highest BCUT2D eigenvalue weighted by atomic mass is 79.9. The maximum atomic E-state index is 12.1. The molecule has 1 heterocycles. The molecule has 0 aliphatic heterocycles. The fourth-order valence-corrected chi connectivity index (χ4v) is 3.70. The molecule has 0 radical (unpaired) electrons. The Morgan fingerprint density at radius 1 is 1.38 bits per heavy atom.